The molecule has 1 unspecified atom stereocenters. The van der Waals surface area contributed by atoms with Gasteiger partial charge < -0.3 is 14.8 Å². The van der Waals surface area contributed by atoms with Crippen LogP contribution in [0.25, 0.3) is 0 Å². The Morgan fingerprint density at radius 1 is 1.22 bits per heavy atom. The van der Waals surface area contributed by atoms with Gasteiger partial charge in [0, 0.05) is 11.3 Å². The highest BCUT2D eigenvalue weighted by Crippen LogP contribution is 2.37. The molecule has 32 heavy (non-hydrogen) atoms. The Hall–Kier alpha value is -3.33. The van der Waals surface area contributed by atoms with E-state index in [0.29, 0.717) is 33.7 Å². The molecule has 0 bridgehead atoms. The van der Waals surface area contributed by atoms with Crippen molar-refractivity contribution in [1.82, 2.24) is 14.8 Å². The molecular formula is C23H23FN4O3S. The molecule has 1 aliphatic rings. The molecule has 4 rings (SSSR count). The van der Waals surface area contributed by atoms with Crippen LogP contribution in [0.5, 0.6) is 5.75 Å². The second-order valence-corrected chi connectivity index (χ2v) is 8.33. The first-order chi connectivity index (χ1) is 15.5. The van der Waals surface area contributed by atoms with Gasteiger partial charge in [-0.05, 0) is 36.4 Å². The van der Waals surface area contributed by atoms with E-state index in [9.17, 15) is 9.18 Å². The van der Waals surface area contributed by atoms with E-state index >= 15 is 0 Å². The Labute approximate surface area is 189 Å². The molecule has 0 aliphatic carbocycles. The summed E-state index contributed by atoms with van der Waals surface area (Å²) in [5, 5.41) is 8.38. The maximum absolute atomic E-state index is 13.8. The number of aromatic nitrogens is 3. The van der Waals surface area contributed by atoms with E-state index in [4.69, 9.17) is 9.47 Å². The molecule has 1 aliphatic heterocycles. The molecule has 0 saturated carbocycles. The summed E-state index contributed by atoms with van der Waals surface area (Å²) >= 11 is 1.52. The van der Waals surface area contributed by atoms with Crippen molar-refractivity contribution in [2.75, 3.05) is 18.2 Å². The van der Waals surface area contributed by atoms with E-state index in [2.05, 4.69) is 15.4 Å². The van der Waals surface area contributed by atoms with E-state index in [1.54, 1.807) is 35.0 Å². The van der Waals surface area contributed by atoms with Gasteiger partial charge in [0.05, 0.1) is 12.7 Å². The molecule has 0 spiro atoms. The quantitative estimate of drug-likeness (QED) is 0.414. The van der Waals surface area contributed by atoms with Gasteiger partial charge in [0.1, 0.15) is 24.2 Å². The van der Waals surface area contributed by atoms with Gasteiger partial charge in [0.25, 0.3) is 0 Å². The number of ether oxygens (including phenoxy) is 2. The maximum Gasteiger partial charge on any atom is 0.338 e. The first-order valence-electron chi connectivity index (χ1n) is 10.1. The van der Waals surface area contributed by atoms with Crippen molar-refractivity contribution in [2.45, 2.75) is 31.7 Å². The molecule has 1 atom stereocenters. The predicted octanol–water partition coefficient (Wildman–Crippen LogP) is 4.57. The summed E-state index contributed by atoms with van der Waals surface area (Å²) in [6, 6.07) is 13.3. The molecule has 0 amide bonds. The van der Waals surface area contributed by atoms with Gasteiger partial charge in [-0.25, -0.2) is 13.9 Å². The predicted molar refractivity (Wildman–Crippen MR) is 120 cm³/mol. The van der Waals surface area contributed by atoms with Crippen LogP contribution in [-0.2, 0) is 16.1 Å². The van der Waals surface area contributed by atoms with Crippen molar-refractivity contribution in [3.8, 4) is 5.75 Å². The van der Waals surface area contributed by atoms with Crippen molar-refractivity contribution in [3.05, 3.63) is 76.7 Å². The number of fused-ring (bicyclic) bond motifs is 1. The van der Waals surface area contributed by atoms with Crippen LogP contribution in [0.4, 0.5) is 10.3 Å². The molecule has 9 heteroatoms. The van der Waals surface area contributed by atoms with Crippen LogP contribution in [0.1, 0.15) is 31.0 Å². The van der Waals surface area contributed by atoms with Crippen molar-refractivity contribution in [2.24, 2.45) is 0 Å². The van der Waals surface area contributed by atoms with Crippen LogP contribution in [0.2, 0.25) is 0 Å². The van der Waals surface area contributed by atoms with Crippen LogP contribution in [0.15, 0.2) is 65.0 Å². The smallest absolute Gasteiger partial charge is 0.338 e. The monoisotopic (exact) mass is 454 g/mol. The number of thioether (sulfide) groups is 1. The summed E-state index contributed by atoms with van der Waals surface area (Å²) in [4.78, 5) is 17.1. The number of esters is 1. The molecular weight excluding hydrogens is 431 g/mol. The van der Waals surface area contributed by atoms with Gasteiger partial charge in [-0.15, -0.1) is 5.10 Å². The zero-order chi connectivity index (χ0) is 22.7. The first kappa shape index (κ1) is 21.9. The average Bonchev–Trinajstić information content (AvgIpc) is 3.19. The number of hydrogen-bond acceptors (Lipinski definition) is 7. The Balaban J connectivity index is 1.64. The third-order valence-corrected chi connectivity index (χ3v) is 5.78. The largest absolute Gasteiger partial charge is 0.489 e. The molecule has 166 valence electrons. The molecule has 0 fully saturated rings. The lowest BCUT2D eigenvalue weighted by Crippen LogP contribution is -2.29. The van der Waals surface area contributed by atoms with Crippen LogP contribution in [0.3, 0.4) is 0 Å². The SMILES string of the molecule is CCSc1nc2n(n1)C(c1ccc(OCc3ccccc3F)cc1)C(C(=O)OC)=C(C)N2. The number of anilines is 1. The highest BCUT2D eigenvalue weighted by molar-refractivity contribution is 7.99. The minimum atomic E-state index is -0.502. The second-order valence-electron chi connectivity index (χ2n) is 7.10. The van der Waals surface area contributed by atoms with Crippen molar-refractivity contribution in [1.29, 1.82) is 0 Å². The number of allylic oxidation sites excluding steroid dienone is 1. The summed E-state index contributed by atoms with van der Waals surface area (Å²) in [7, 11) is 1.36. The van der Waals surface area contributed by atoms with Crippen molar-refractivity contribution in [3.63, 3.8) is 0 Å². The van der Waals surface area contributed by atoms with Gasteiger partial charge in [0.15, 0.2) is 0 Å². The molecule has 2 aromatic carbocycles. The van der Waals surface area contributed by atoms with E-state index in [1.165, 1.54) is 24.9 Å². The van der Waals surface area contributed by atoms with Crippen LogP contribution in [0, 0.1) is 5.82 Å². The van der Waals surface area contributed by atoms with Crippen LogP contribution >= 0.6 is 11.8 Å². The summed E-state index contributed by atoms with van der Waals surface area (Å²) < 4.78 is 26.3. The third kappa shape index (κ3) is 4.34. The molecule has 1 aromatic heterocycles. The van der Waals surface area contributed by atoms with E-state index in [0.717, 1.165) is 11.3 Å². The summed E-state index contributed by atoms with van der Waals surface area (Å²) in [6.07, 6.45) is 0. The Morgan fingerprint density at radius 2 is 1.97 bits per heavy atom. The molecule has 3 aromatic rings. The fraction of sp³-hybridized carbons (Fsp3) is 0.261. The molecule has 0 radical (unpaired) electrons. The number of benzene rings is 2. The lowest BCUT2D eigenvalue weighted by Gasteiger charge is -2.27. The van der Waals surface area contributed by atoms with Gasteiger partial charge in [-0.2, -0.15) is 4.98 Å². The number of carbonyl (C=O) groups excluding carboxylic acids is 1. The minimum absolute atomic E-state index is 0.122. The number of carbonyl (C=O) groups is 1. The van der Waals surface area contributed by atoms with Crippen LogP contribution < -0.4 is 10.1 Å². The summed E-state index contributed by atoms with van der Waals surface area (Å²) in [5.41, 5.74) is 2.42. The fourth-order valence-corrected chi connectivity index (χ4v) is 4.08. The number of nitrogens with zero attached hydrogens (tertiary/aromatic N) is 3. The molecule has 1 N–H and O–H groups in total. The zero-order valence-corrected chi connectivity index (χ0v) is 18.8. The van der Waals surface area contributed by atoms with E-state index in [-0.39, 0.29) is 12.4 Å². The Kier molecular flexibility index (Phi) is 6.45. The van der Waals surface area contributed by atoms with Gasteiger partial charge >= 0.3 is 5.97 Å². The maximum atomic E-state index is 13.8. The lowest BCUT2D eigenvalue weighted by atomic mass is 9.96. The van der Waals surface area contributed by atoms with Crippen molar-refractivity contribution < 1.29 is 18.7 Å². The zero-order valence-electron chi connectivity index (χ0n) is 18.0. The first-order valence-corrected chi connectivity index (χ1v) is 11.1. The summed E-state index contributed by atoms with van der Waals surface area (Å²) in [6.45, 7) is 3.96. The highest BCUT2D eigenvalue weighted by Gasteiger charge is 2.34. The number of hydrogen-bond donors (Lipinski definition) is 1. The standard InChI is InChI=1S/C23H23FN4O3S/c1-4-32-23-26-22-25-14(2)19(21(29)30-3)20(28(22)27-23)15-9-11-17(12-10-15)31-13-16-7-5-6-8-18(16)24/h5-12,20H,4,13H2,1-3H3,(H,25,26,27). The highest BCUT2D eigenvalue weighted by atomic mass is 32.2. The van der Waals surface area contributed by atoms with E-state index in [1.807, 2.05) is 26.0 Å². The Bertz CT molecular complexity index is 1160. The fourth-order valence-electron chi connectivity index (χ4n) is 3.53. The number of nitrogens with one attached hydrogen (secondary N) is 1. The van der Waals surface area contributed by atoms with E-state index < -0.39 is 12.0 Å². The molecule has 0 saturated heterocycles. The average molecular weight is 455 g/mol. The number of methoxy groups -OCH3 is 1. The molecule has 7 nitrogen and oxygen atoms in total. The second kappa shape index (κ2) is 9.44. The number of halogens is 1. The minimum Gasteiger partial charge on any atom is -0.489 e. The number of rotatable bonds is 7. The van der Waals surface area contributed by atoms with Gasteiger partial charge in [0.2, 0.25) is 11.1 Å². The topological polar surface area (TPSA) is 78.3 Å². The van der Waals surface area contributed by atoms with Crippen LogP contribution in [-0.4, -0.2) is 33.6 Å². The van der Waals surface area contributed by atoms with Crippen molar-refractivity contribution >= 4 is 23.7 Å². The Morgan fingerprint density at radius 3 is 2.66 bits per heavy atom. The van der Waals surface area contributed by atoms with Gasteiger partial charge in [-0.1, -0.05) is 49.0 Å². The normalized spacial score (nSPS) is 15.2. The summed E-state index contributed by atoms with van der Waals surface area (Å²) in [5.74, 6) is 1.24. The van der Waals surface area contributed by atoms with Gasteiger partial charge in [-0.3, -0.25) is 0 Å². The third-order valence-electron chi connectivity index (χ3n) is 5.06. The molecule has 2 heterocycles. The lowest BCUT2D eigenvalue weighted by molar-refractivity contribution is -0.136.